The SMILES string of the molecule is COC(=O)C1=C(C(=O)OC)N(c2cccc(F)c2-c2ncon2)C=CC=C1. The van der Waals surface area contributed by atoms with Gasteiger partial charge in [0.25, 0.3) is 0 Å². The molecule has 2 heterocycles. The van der Waals surface area contributed by atoms with E-state index in [1.165, 1.54) is 43.5 Å². The van der Waals surface area contributed by atoms with Crippen molar-refractivity contribution in [3.8, 4) is 11.4 Å². The quantitative estimate of drug-likeness (QED) is 0.756. The van der Waals surface area contributed by atoms with E-state index < -0.39 is 17.8 Å². The molecule has 1 aromatic carbocycles. The van der Waals surface area contributed by atoms with Crippen LogP contribution >= 0.6 is 0 Å². The average molecular weight is 371 g/mol. The minimum Gasteiger partial charge on any atom is -0.465 e. The van der Waals surface area contributed by atoms with Crippen molar-refractivity contribution in [1.82, 2.24) is 10.1 Å². The summed E-state index contributed by atoms with van der Waals surface area (Å²) in [6, 6.07) is 4.22. The Morgan fingerprint density at radius 3 is 2.59 bits per heavy atom. The number of methoxy groups -OCH3 is 2. The van der Waals surface area contributed by atoms with Crippen LogP contribution in [0.25, 0.3) is 11.4 Å². The lowest BCUT2D eigenvalue weighted by atomic mass is 10.1. The van der Waals surface area contributed by atoms with Crippen LogP contribution in [-0.2, 0) is 19.1 Å². The van der Waals surface area contributed by atoms with Gasteiger partial charge >= 0.3 is 11.9 Å². The minimum atomic E-state index is -0.810. The number of aromatic nitrogens is 2. The molecule has 1 aliphatic rings. The molecule has 0 spiro atoms. The Balaban J connectivity index is 2.28. The first-order valence-electron chi connectivity index (χ1n) is 7.68. The normalized spacial score (nSPS) is 13.5. The van der Waals surface area contributed by atoms with E-state index in [9.17, 15) is 14.0 Å². The molecule has 1 aliphatic heterocycles. The summed E-state index contributed by atoms with van der Waals surface area (Å²) in [7, 11) is 2.36. The summed E-state index contributed by atoms with van der Waals surface area (Å²) >= 11 is 0. The number of carbonyl (C=O) groups excluding carboxylic acids is 2. The number of rotatable bonds is 4. The predicted octanol–water partition coefficient (Wildman–Crippen LogP) is 2.37. The summed E-state index contributed by atoms with van der Waals surface area (Å²) in [6.45, 7) is 0. The first kappa shape index (κ1) is 18.1. The molecule has 1 aromatic heterocycles. The molecule has 9 heteroatoms. The lowest BCUT2D eigenvalue weighted by Crippen LogP contribution is -2.27. The fourth-order valence-electron chi connectivity index (χ4n) is 2.57. The maximum absolute atomic E-state index is 14.6. The lowest BCUT2D eigenvalue weighted by Gasteiger charge is -2.24. The van der Waals surface area contributed by atoms with Crippen molar-refractivity contribution in [2.75, 3.05) is 19.1 Å². The van der Waals surface area contributed by atoms with Crippen molar-refractivity contribution in [3.05, 3.63) is 66.1 Å². The lowest BCUT2D eigenvalue weighted by molar-refractivity contribution is -0.139. The molecule has 2 aromatic rings. The molecule has 0 saturated heterocycles. The molecule has 3 rings (SSSR count). The van der Waals surface area contributed by atoms with Crippen molar-refractivity contribution in [2.45, 2.75) is 0 Å². The van der Waals surface area contributed by atoms with Crippen molar-refractivity contribution >= 4 is 17.6 Å². The van der Waals surface area contributed by atoms with Crippen LogP contribution in [0.1, 0.15) is 0 Å². The van der Waals surface area contributed by atoms with E-state index in [0.29, 0.717) is 0 Å². The van der Waals surface area contributed by atoms with Crippen molar-refractivity contribution in [1.29, 1.82) is 0 Å². The minimum absolute atomic E-state index is 0.0107. The third-order valence-corrected chi connectivity index (χ3v) is 3.73. The van der Waals surface area contributed by atoms with E-state index in [1.807, 2.05) is 0 Å². The van der Waals surface area contributed by atoms with Crippen LogP contribution in [0.2, 0.25) is 0 Å². The monoisotopic (exact) mass is 371 g/mol. The second kappa shape index (κ2) is 7.65. The van der Waals surface area contributed by atoms with Gasteiger partial charge < -0.3 is 18.9 Å². The van der Waals surface area contributed by atoms with Gasteiger partial charge in [0.05, 0.1) is 31.0 Å². The zero-order valence-electron chi connectivity index (χ0n) is 14.4. The summed E-state index contributed by atoms with van der Waals surface area (Å²) in [4.78, 5) is 29.9. The first-order valence-corrected chi connectivity index (χ1v) is 7.68. The van der Waals surface area contributed by atoms with Crippen LogP contribution in [0.5, 0.6) is 0 Å². The number of benzene rings is 1. The van der Waals surface area contributed by atoms with Gasteiger partial charge in [0.15, 0.2) is 0 Å². The molecule has 8 nitrogen and oxygen atoms in total. The van der Waals surface area contributed by atoms with Gasteiger partial charge in [0.1, 0.15) is 11.5 Å². The molecule has 0 fully saturated rings. The Labute approximate surface area is 153 Å². The van der Waals surface area contributed by atoms with E-state index in [4.69, 9.17) is 14.0 Å². The summed E-state index contributed by atoms with van der Waals surface area (Å²) in [5.74, 6) is -2.21. The second-order valence-electron chi connectivity index (χ2n) is 5.20. The smallest absolute Gasteiger partial charge is 0.355 e. The molecule has 0 N–H and O–H groups in total. The Kier molecular flexibility index (Phi) is 5.11. The van der Waals surface area contributed by atoms with Crippen LogP contribution < -0.4 is 4.90 Å². The van der Waals surface area contributed by atoms with Crippen LogP contribution in [0, 0.1) is 5.82 Å². The predicted molar refractivity (Wildman–Crippen MR) is 91.5 cm³/mol. The maximum Gasteiger partial charge on any atom is 0.355 e. The Bertz CT molecular complexity index is 963. The Morgan fingerprint density at radius 2 is 1.93 bits per heavy atom. The molecule has 27 heavy (non-hydrogen) atoms. The zero-order chi connectivity index (χ0) is 19.4. The molecule has 0 aliphatic carbocycles. The maximum atomic E-state index is 14.6. The van der Waals surface area contributed by atoms with Crippen LogP contribution in [0.15, 0.2) is 64.8 Å². The molecule has 0 bridgehead atoms. The van der Waals surface area contributed by atoms with Gasteiger partial charge in [-0.25, -0.2) is 14.0 Å². The number of ether oxygens (including phenoxy) is 2. The van der Waals surface area contributed by atoms with E-state index in [-0.39, 0.29) is 28.3 Å². The number of allylic oxidation sites excluding steroid dienone is 2. The molecule has 0 unspecified atom stereocenters. The highest BCUT2D eigenvalue weighted by atomic mass is 19.1. The fraction of sp³-hybridized carbons (Fsp3) is 0.111. The van der Waals surface area contributed by atoms with Crippen LogP contribution in [0.4, 0.5) is 10.1 Å². The molecular weight excluding hydrogens is 357 g/mol. The molecule has 0 radical (unpaired) electrons. The Hall–Kier alpha value is -3.75. The number of halogens is 1. The number of hydrogen-bond donors (Lipinski definition) is 0. The second-order valence-corrected chi connectivity index (χ2v) is 5.20. The number of nitrogens with zero attached hydrogens (tertiary/aromatic N) is 3. The van der Waals surface area contributed by atoms with Crippen molar-refractivity contribution < 1.29 is 28.0 Å². The largest absolute Gasteiger partial charge is 0.465 e. The van der Waals surface area contributed by atoms with Gasteiger partial charge in [-0.1, -0.05) is 17.3 Å². The highest BCUT2D eigenvalue weighted by molar-refractivity contribution is 6.06. The van der Waals surface area contributed by atoms with E-state index in [1.54, 1.807) is 18.2 Å². The van der Waals surface area contributed by atoms with Gasteiger partial charge in [-0.05, 0) is 24.3 Å². The molecule has 0 atom stereocenters. The number of carbonyl (C=O) groups is 2. The van der Waals surface area contributed by atoms with Crippen LogP contribution in [0.3, 0.4) is 0 Å². The van der Waals surface area contributed by atoms with E-state index in [2.05, 4.69) is 10.1 Å². The summed E-state index contributed by atoms with van der Waals surface area (Å²) in [5.41, 5.74) is -0.0102. The highest BCUT2D eigenvalue weighted by Gasteiger charge is 2.30. The standard InChI is InChI=1S/C18H14FN3O5/c1-25-17(23)11-6-3-4-9-22(15(11)18(24)26-2)13-8-5-7-12(19)14(13)16-20-10-27-21-16/h3-10H,1-2H3. The Morgan fingerprint density at radius 1 is 1.15 bits per heavy atom. The fourth-order valence-corrected chi connectivity index (χ4v) is 2.57. The molecule has 0 saturated carbocycles. The highest BCUT2D eigenvalue weighted by Crippen LogP contribution is 2.35. The van der Waals surface area contributed by atoms with Gasteiger partial charge in [-0.2, -0.15) is 4.98 Å². The summed E-state index contributed by atoms with van der Waals surface area (Å²) < 4.78 is 28.9. The van der Waals surface area contributed by atoms with Gasteiger partial charge in [0.2, 0.25) is 12.2 Å². The molecule has 138 valence electrons. The third-order valence-electron chi connectivity index (χ3n) is 3.73. The van der Waals surface area contributed by atoms with Crippen LogP contribution in [-0.4, -0.2) is 36.3 Å². The zero-order valence-corrected chi connectivity index (χ0v) is 14.4. The summed E-state index contributed by atoms with van der Waals surface area (Å²) in [5, 5.41) is 3.67. The summed E-state index contributed by atoms with van der Waals surface area (Å²) in [6.07, 6.45) is 7.06. The molecular formula is C18H14FN3O5. The van der Waals surface area contributed by atoms with Gasteiger partial charge in [-0.3, -0.25) is 0 Å². The number of anilines is 1. The number of esters is 2. The van der Waals surface area contributed by atoms with Crippen molar-refractivity contribution in [3.63, 3.8) is 0 Å². The van der Waals surface area contributed by atoms with E-state index in [0.717, 1.165) is 6.39 Å². The third kappa shape index (κ3) is 3.34. The molecule has 0 amide bonds. The van der Waals surface area contributed by atoms with E-state index >= 15 is 0 Å². The van der Waals surface area contributed by atoms with Crippen molar-refractivity contribution in [2.24, 2.45) is 0 Å². The first-order chi connectivity index (χ1) is 13.1. The average Bonchev–Trinajstić information content (AvgIpc) is 3.12. The number of hydrogen-bond acceptors (Lipinski definition) is 8. The van der Waals surface area contributed by atoms with Gasteiger partial charge in [-0.15, -0.1) is 0 Å². The topological polar surface area (TPSA) is 94.8 Å². The van der Waals surface area contributed by atoms with Gasteiger partial charge in [0, 0.05) is 6.20 Å².